The molecule has 1 aliphatic rings. The molecule has 15 heavy (non-hydrogen) atoms. The molecule has 0 spiro atoms. The van der Waals surface area contributed by atoms with Crippen molar-refractivity contribution in [3.05, 3.63) is 10.4 Å². The van der Waals surface area contributed by atoms with E-state index in [-0.39, 0.29) is 0 Å². The van der Waals surface area contributed by atoms with Gasteiger partial charge in [-0.2, -0.15) is 4.37 Å². The summed E-state index contributed by atoms with van der Waals surface area (Å²) in [7, 11) is 2.11. The Balaban J connectivity index is 2.25. The summed E-state index contributed by atoms with van der Waals surface area (Å²) in [4.78, 5) is 3.63. The summed E-state index contributed by atoms with van der Waals surface area (Å²) in [5, 5.41) is 0. The average Bonchev–Trinajstić information content (AvgIpc) is 2.58. The third-order valence-electron chi connectivity index (χ3n) is 2.54. The maximum atomic E-state index is 5.43. The van der Waals surface area contributed by atoms with Gasteiger partial charge in [-0.15, -0.1) is 6.42 Å². The molecule has 0 fully saturated rings. The van der Waals surface area contributed by atoms with Crippen LogP contribution in [-0.4, -0.2) is 29.5 Å². The second-order valence-corrected chi connectivity index (χ2v) is 4.73. The number of nitrogens with zero attached hydrogens (tertiary/aromatic N) is 2. The summed E-state index contributed by atoms with van der Waals surface area (Å²) >= 11 is 1.54. The van der Waals surface area contributed by atoms with E-state index in [4.69, 9.17) is 11.2 Å². The van der Waals surface area contributed by atoms with Crippen LogP contribution in [-0.2, 0) is 6.54 Å². The SMILES string of the molecule is C#CCOc1nsc2c1CN(C)CC2C. The van der Waals surface area contributed by atoms with Gasteiger partial charge in [0.25, 0.3) is 0 Å². The molecule has 0 N–H and O–H groups in total. The lowest BCUT2D eigenvalue weighted by Crippen LogP contribution is -2.28. The molecule has 2 rings (SSSR count). The average molecular weight is 222 g/mol. The van der Waals surface area contributed by atoms with Crippen LogP contribution in [0.25, 0.3) is 0 Å². The highest BCUT2D eigenvalue weighted by atomic mass is 32.1. The maximum Gasteiger partial charge on any atom is 0.230 e. The molecular formula is C11H14N2OS. The Morgan fingerprint density at radius 3 is 3.27 bits per heavy atom. The first-order valence-corrected chi connectivity index (χ1v) is 5.73. The van der Waals surface area contributed by atoms with E-state index >= 15 is 0 Å². The molecule has 0 radical (unpaired) electrons. The van der Waals surface area contributed by atoms with Gasteiger partial charge >= 0.3 is 0 Å². The Morgan fingerprint density at radius 1 is 1.73 bits per heavy atom. The van der Waals surface area contributed by atoms with E-state index in [0.29, 0.717) is 12.5 Å². The summed E-state index contributed by atoms with van der Waals surface area (Å²) in [6.07, 6.45) is 5.17. The molecule has 1 atom stereocenters. The highest BCUT2D eigenvalue weighted by Crippen LogP contribution is 2.36. The van der Waals surface area contributed by atoms with Gasteiger partial charge in [-0.05, 0) is 18.6 Å². The number of rotatable bonds is 2. The zero-order chi connectivity index (χ0) is 10.8. The molecule has 0 aliphatic carbocycles. The molecule has 2 heterocycles. The summed E-state index contributed by atoms with van der Waals surface area (Å²) in [5.41, 5.74) is 1.22. The van der Waals surface area contributed by atoms with Crippen LogP contribution >= 0.6 is 11.5 Å². The molecule has 0 aromatic carbocycles. The van der Waals surface area contributed by atoms with E-state index < -0.39 is 0 Å². The molecule has 3 nitrogen and oxygen atoms in total. The predicted molar refractivity (Wildman–Crippen MR) is 61.2 cm³/mol. The lowest BCUT2D eigenvalue weighted by atomic mass is 10.0. The summed E-state index contributed by atoms with van der Waals surface area (Å²) in [6, 6.07) is 0. The summed E-state index contributed by atoms with van der Waals surface area (Å²) in [5.74, 6) is 3.73. The Hall–Kier alpha value is -1.05. The summed E-state index contributed by atoms with van der Waals surface area (Å²) in [6.45, 7) is 4.52. The summed E-state index contributed by atoms with van der Waals surface area (Å²) < 4.78 is 9.74. The van der Waals surface area contributed by atoms with Crippen LogP contribution in [0, 0.1) is 12.3 Å². The van der Waals surface area contributed by atoms with Crippen LogP contribution in [0.2, 0.25) is 0 Å². The van der Waals surface area contributed by atoms with Crippen LogP contribution in [0.3, 0.4) is 0 Å². The van der Waals surface area contributed by atoms with Gasteiger partial charge in [-0.3, -0.25) is 0 Å². The van der Waals surface area contributed by atoms with Crippen molar-refractivity contribution < 1.29 is 4.74 Å². The molecule has 0 bridgehead atoms. The first-order valence-electron chi connectivity index (χ1n) is 4.95. The Bertz CT molecular complexity index is 394. The van der Waals surface area contributed by atoms with Crippen LogP contribution < -0.4 is 4.74 Å². The molecule has 0 saturated heterocycles. The molecular weight excluding hydrogens is 208 g/mol. The van der Waals surface area contributed by atoms with Crippen molar-refractivity contribution in [2.45, 2.75) is 19.4 Å². The van der Waals surface area contributed by atoms with Crippen LogP contribution in [0.5, 0.6) is 5.88 Å². The molecule has 0 saturated carbocycles. The molecule has 80 valence electrons. The van der Waals surface area contributed by atoms with Gasteiger partial charge in [0.2, 0.25) is 5.88 Å². The number of terminal acetylenes is 1. The van der Waals surface area contributed by atoms with Crippen molar-refractivity contribution in [3.8, 4) is 18.2 Å². The minimum Gasteiger partial charge on any atom is -0.464 e. The molecule has 0 amide bonds. The highest BCUT2D eigenvalue weighted by molar-refractivity contribution is 7.06. The van der Waals surface area contributed by atoms with Crippen LogP contribution in [0.4, 0.5) is 0 Å². The number of aromatic nitrogens is 1. The van der Waals surface area contributed by atoms with E-state index in [1.54, 1.807) is 11.5 Å². The fraction of sp³-hybridized carbons (Fsp3) is 0.545. The quantitative estimate of drug-likeness (QED) is 0.712. The Kier molecular flexibility index (Phi) is 2.94. The van der Waals surface area contributed by atoms with Crippen molar-refractivity contribution in [1.82, 2.24) is 9.27 Å². The Labute approximate surface area is 94.2 Å². The van der Waals surface area contributed by atoms with E-state index in [9.17, 15) is 0 Å². The van der Waals surface area contributed by atoms with E-state index in [0.717, 1.165) is 19.0 Å². The van der Waals surface area contributed by atoms with Crippen LogP contribution in [0.1, 0.15) is 23.3 Å². The topological polar surface area (TPSA) is 25.4 Å². The standard InChI is InChI=1S/C11H14N2OS/c1-4-5-14-11-9-7-13(3)6-8(2)10(9)15-12-11/h1,8H,5-7H2,2-3H3. The van der Waals surface area contributed by atoms with Gasteiger partial charge in [-0.25, -0.2) is 0 Å². The van der Waals surface area contributed by atoms with Gasteiger partial charge in [0.1, 0.15) is 0 Å². The zero-order valence-corrected chi connectivity index (χ0v) is 9.80. The second kappa shape index (κ2) is 4.21. The third kappa shape index (κ3) is 1.99. The number of likely N-dealkylation sites (N-methyl/N-ethyl adjacent to an activating group) is 1. The first kappa shape index (κ1) is 10.5. The number of fused-ring (bicyclic) bond motifs is 1. The maximum absolute atomic E-state index is 5.43. The van der Waals surface area contributed by atoms with Crippen LogP contribution in [0.15, 0.2) is 0 Å². The number of hydrogen-bond donors (Lipinski definition) is 0. The normalized spacial score (nSPS) is 20.7. The smallest absolute Gasteiger partial charge is 0.230 e. The van der Waals surface area contributed by atoms with Gasteiger partial charge in [0, 0.05) is 29.4 Å². The van der Waals surface area contributed by atoms with Crippen molar-refractivity contribution in [1.29, 1.82) is 0 Å². The molecule has 1 aliphatic heterocycles. The molecule has 1 unspecified atom stereocenters. The highest BCUT2D eigenvalue weighted by Gasteiger charge is 2.26. The number of ether oxygens (including phenoxy) is 1. The van der Waals surface area contributed by atoms with Gasteiger partial charge in [-0.1, -0.05) is 12.8 Å². The predicted octanol–water partition coefficient (Wildman–Crippen LogP) is 1.70. The fourth-order valence-corrected chi connectivity index (χ4v) is 2.81. The monoisotopic (exact) mass is 222 g/mol. The zero-order valence-electron chi connectivity index (χ0n) is 8.99. The molecule has 1 aromatic heterocycles. The van der Waals surface area contributed by atoms with E-state index in [1.807, 2.05) is 0 Å². The van der Waals surface area contributed by atoms with Gasteiger partial charge in [0.15, 0.2) is 6.61 Å². The van der Waals surface area contributed by atoms with Crippen molar-refractivity contribution in [2.75, 3.05) is 20.2 Å². The third-order valence-corrected chi connectivity index (χ3v) is 3.64. The lowest BCUT2D eigenvalue weighted by molar-refractivity contribution is 0.278. The van der Waals surface area contributed by atoms with E-state index in [1.165, 1.54) is 10.4 Å². The second-order valence-electron chi connectivity index (χ2n) is 3.92. The van der Waals surface area contributed by atoms with Crippen molar-refractivity contribution in [2.24, 2.45) is 0 Å². The molecule has 4 heteroatoms. The first-order chi connectivity index (χ1) is 7.22. The van der Waals surface area contributed by atoms with E-state index in [2.05, 4.69) is 29.2 Å². The van der Waals surface area contributed by atoms with Crippen molar-refractivity contribution >= 4 is 11.5 Å². The minimum absolute atomic E-state index is 0.300. The minimum atomic E-state index is 0.300. The fourth-order valence-electron chi connectivity index (χ4n) is 1.95. The number of hydrogen-bond acceptors (Lipinski definition) is 4. The molecule has 1 aromatic rings. The van der Waals surface area contributed by atoms with Gasteiger partial charge < -0.3 is 9.64 Å². The van der Waals surface area contributed by atoms with Gasteiger partial charge in [0.05, 0.1) is 0 Å². The Morgan fingerprint density at radius 2 is 2.53 bits per heavy atom. The lowest BCUT2D eigenvalue weighted by Gasteiger charge is -2.26. The van der Waals surface area contributed by atoms with Crippen molar-refractivity contribution in [3.63, 3.8) is 0 Å². The largest absolute Gasteiger partial charge is 0.464 e.